The van der Waals surface area contributed by atoms with Crippen LogP contribution in [0.2, 0.25) is 0 Å². The van der Waals surface area contributed by atoms with Gasteiger partial charge in [0.1, 0.15) is 29.6 Å². The molecule has 0 radical (unpaired) electrons. The van der Waals surface area contributed by atoms with E-state index in [1.54, 1.807) is 50.2 Å². The highest BCUT2D eigenvalue weighted by Gasteiger charge is 2.19. The smallest absolute Gasteiger partial charge is 0.181 e. The number of aliphatic hydroxyl groups excluding tert-OH is 1. The van der Waals surface area contributed by atoms with Crippen molar-refractivity contribution >= 4 is 22.5 Å². The first kappa shape index (κ1) is 25.1. The van der Waals surface area contributed by atoms with Crippen LogP contribution in [0.1, 0.15) is 45.0 Å². The molecule has 0 saturated heterocycles. The van der Waals surface area contributed by atoms with Crippen LogP contribution >= 0.6 is 0 Å². The van der Waals surface area contributed by atoms with E-state index in [0.29, 0.717) is 50.6 Å². The first-order chi connectivity index (χ1) is 17.3. The topological polar surface area (TPSA) is 98.9 Å². The van der Waals surface area contributed by atoms with E-state index in [2.05, 4.69) is 4.98 Å². The van der Waals surface area contributed by atoms with E-state index >= 15 is 0 Å². The minimum absolute atomic E-state index is 0.0199. The van der Waals surface area contributed by atoms with E-state index in [1.807, 2.05) is 6.07 Å². The van der Waals surface area contributed by atoms with Crippen molar-refractivity contribution in [2.24, 2.45) is 0 Å². The number of carbonyl (C=O) groups excluding carboxylic acids is 2. The molecular formula is C28H26FNO6. The first-order valence-electron chi connectivity index (χ1n) is 11.5. The summed E-state index contributed by atoms with van der Waals surface area (Å²) in [6.45, 7) is 3.41. The number of Topliss-reactive ketones (excluding diaryl/α,β-unsaturated/α-hetero) is 2. The lowest BCUT2D eigenvalue weighted by atomic mass is 10.0. The summed E-state index contributed by atoms with van der Waals surface area (Å²) in [7, 11) is 1.46. The molecule has 4 aromatic rings. The zero-order valence-electron chi connectivity index (χ0n) is 20.3. The van der Waals surface area contributed by atoms with Crippen LogP contribution in [0.25, 0.3) is 22.2 Å². The third-order valence-corrected chi connectivity index (χ3v) is 5.75. The highest BCUT2D eigenvalue weighted by Crippen LogP contribution is 2.32. The number of rotatable bonds is 10. The van der Waals surface area contributed by atoms with Crippen molar-refractivity contribution in [2.45, 2.75) is 26.7 Å². The van der Waals surface area contributed by atoms with Gasteiger partial charge in [-0.05, 0) is 67.9 Å². The molecule has 36 heavy (non-hydrogen) atoms. The van der Waals surface area contributed by atoms with Gasteiger partial charge in [-0.15, -0.1) is 0 Å². The predicted octanol–water partition coefficient (Wildman–Crippen LogP) is 5.48. The Kier molecular flexibility index (Phi) is 7.45. The van der Waals surface area contributed by atoms with Gasteiger partial charge >= 0.3 is 0 Å². The second kappa shape index (κ2) is 10.7. The van der Waals surface area contributed by atoms with Crippen LogP contribution in [-0.4, -0.2) is 42.0 Å². The van der Waals surface area contributed by atoms with Crippen molar-refractivity contribution < 1.29 is 33.0 Å². The second-order valence-electron chi connectivity index (χ2n) is 8.38. The van der Waals surface area contributed by atoms with Crippen molar-refractivity contribution in [3.8, 4) is 22.8 Å². The van der Waals surface area contributed by atoms with Gasteiger partial charge < -0.3 is 19.0 Å². The van der Waals surface area contributed by atoms with Crippen LogP contribution in [0.3, 0.4) is 0 Å². The number of benzene rings is 2. The molecule has 186 valence electrons. The Morgan fingerprint density at radius 1 is 1.00 bits per heavy atom. The minimum Gasteiger partial charge on any atom is -0.493 e. The van der Waals surface area contributed by atoms with E-state index in [1.165, 1.54) is 13.2 Å². The van der Waals surface area contributed by atoms with Gasteiger partial charge in [0.15, 0.2) is 28.6 Å². The average molecular weight is 492 g/mol. The third kappa shape index (κ3) is 5.28. The van der Waals surface area contributed by atoms with E-state index in [-0.39, 0.29) is 49.1 Å². The lowest BCUT2D eigenvalue weighted by Crippen LogP contribution is -2.08. The molecule has 0 atom stereocenters. The number of aryl methyl sites for hydroxylation is 2. The molecule has 0 amide bonds. The fourth-order valence-electron chi connectivity index (χ4n) is 3.92. The Morgan fingerprint density at radius 2 is 1.78 bits per heavy atom. The molecule has 2 aromatic carbocycles. The molecule has 0 fully saturated rings. The van der Waals surface area contributed by atoms with Crippen molar-refractivity contribution in [3.63, 3.8) is 0 Å². The van der Waals surface area contributed by atoms with Crippen LogP contribution in [0.15, 0.2) is 52.9 Å². The predicted molar refractivity (Wildman–Crippen MR) is 132 cm³/mol. The number of nitrogens with zero attached hydrogens (tertiary/aromatic N) is 1. The van der Waals surface area contributed by atoms with Crippen LogP contribution in [-0.2, 0) is 0 Å². The second-order valence-corrected chi connectivity index (χ2v) is 8.38. The standard InChI is InChI=1S/C28H26FNO6/c1-16-12-19(4-6-21(16)29)27-28-20(13-17(2)36-28)14-22(30-27)24(33)8-7-23(32)18-5-9-25(35-11-10-31)26(15-18)34-3/h4-6,9,12-15,31H,7-8,10-11H2,1-3H3. The molecule has 0 spiro atoms. The van der Waals surface area contributed by atoms with Gasteiger partial charge in [0, 0.05) is 29.4 Å². The van der Waals surface area contributed by atoms with Gasteiger partial charge in [0.25, 0.3) is 0 Å². The lowest BCUT2D eigenvalue weighted by molar-refractivity contribution is 0.0915. The number of halogens is 1. The Bertz CT molecular complexity index is 1440. The number of methoxy groups -OCH3 is 1. The van der Waals surface area contributed by atoms with Gasteiger partial charge in [-0.2, -0.15) is 0 Å². The van der Waals surface area contributed by atoms with E-state index in [9.17, 15) is 14.0 Å². The summed E-state index contributed by atoms with van der Waals surface area (Å²) in [5.41, 5.74) is 2.64. The molecule has 2 heterocycles. The summed E-state index contributed by atoms with van der Waals surface area (Å²) in [4.78, 5) is 30.4. The molecule has 0 unspecified atom stereocenters. The zero-order chi connectivity index (χ0) is 25.8. The molecular weight excluding hydrogens is 465 g/mol. The van der Waals surface area contributed by atoms with Gasteiger partial charge in [-0.1, -0.05) is 0 Å². The summed E-state index contributed by atoms with van der Waals surface area (Å²) in [5, 5.41) is 9.64. The largest absolute Gasteiger partial charge is 0.493 e. The van der Waals surface area contributed by atoms with Gasteiger partial charge in [-0.25, -0.2) is 9.37 Å². The summed E-state index contributed by atoms with van der Waals surface area (Å²) in [5.74, 6) is 0.579. The molecule has 4 rings (SSSR count). The number of pyridine rings is 1. The Balaban J connectivity index is 1.56. The SMILES string of the molecule is COc1cc(C(=O)CCC(=O)c2cc3cc(C)oc3c(-c3ccc(F)c(C)c3)n2)ccc1OCCO. The average Bonchev–Trinajstić information content (AvgIpc) is 3.26. The van der Waals surface area contributed by atoms with Gasteiger partial charge in [0.2, 0.25) is 0 Å². The maximum atomic E-state index is 13.8. The highest BCUT2D eigenvalue weighted by molar-refractivity contribution is 6.04. The van der Waals surface area contributed by atoms with E-state index < -0.39 is 0 Å². The summed E-state index contributed by atoms with van der Waals surface area (Å²) in [6.07, 6.45) is -0.0604. The number of carbonyl (C=O) groups is 2. The van der Waals surface area contributed by atoms with Crippen molar-refractivity contribution in [1.29, 1.82) is 0 Å². The number of hydrogen-bond donors (Lipinski definition) is 1. The number of aliphatic hydroxyl groups is 1. The third-order valence-electron chi connectivity index (χ3n) is 5.75. The summed E-state index contributed by atoms with van der Waals surface area (Å²) >= 11 is 0. The van der Waals surface area contributed by atoms with Crippen molar-refractivity contribution in [1.82, 2.24) is 4.98 Å². The van der Waals surface area contributed by atoms with E-state index in [0.717, 1.165) is 0 Å². The molecule has 8 heteroatoms. The monoisotopic (exact) mass is 491 g/mol. The molecule has 7 nitrogen and oxygen atoms in total. The molecule has 0 aliphatic rings. The zero-order valence-corrected chi connectivity index (χ0v) is 20.3. The van der Waals surface area contributed by atoms with E-state index in [4.69, 9.17) is 19.0 Å². The molecule has 0 saturated carbocycles. The Labute approximate surface area is 207 Å². The Hall–Kier alpha value is -4.04. The molecule has 0 aliphatic carbocycles. The number of furan rings is 1. The molecule has 2 aromatic heterocycles. The molecule has 1 N–H and O–H groups in total. The fraction of sp³-hybridized carbons (Fsp3) is 0.250. The number of ketones is 2. The highest BCUT2D eigenvalue weighted by atomic mass is 19.1. The number of aromatic nitrogens is 1. The summed E-state index contributed by atoms with van der Waals surface area (Å²) in [6, 6.07) is 12.8. The molecule has 0 aliphatic heterocycles. The van der Waals surface area contributed by atoms with Crippen LogP contribution < -0.4 is 9.47 Å². The lowest BCUT2D eigenvalue weighted by Gasteiger charge is -2.11. The maximum absolute atomic E-state index is 13.8. The van der Waals surface area contributed by atoms with Crippen molar-refractivity contribution in [3.05, 3.63) is 76.9 Å². The number of ether oxygens (including phenoxy) is 2. The van der Waals surface area contributed by atoms with Crippen LogP contribution in [0.4, 0.5) is 4.39 Å². The Morgan fingerprint density at radius 3 is 2.50 bits per heavy atom. The number of fused-ring (bicyclic) bond motifs is 1. The van der Waals surface area contributed by atoms with Gasteiger partial charge in [-0.3, -0.25) is 9.59 Å². The normalized spacial score (nSPS) is 11.0. The van der Waals surface area contributed by atoms with Crippen LogP contribution in [0.5, 0.6) is 11.5 Å². The minimum atomic E-state index is -0.332. The quantitative estimate of drug-likeness (QED) is 0.294. The first-order valence-corrected chi connectivity index (χ1v) is 11.5. The fourth-order valence-corrected chi connectivity index (χ4v) is 3.92. The summed E-state index contributed by atoms with van der Waals surface area (Å²) < 4.78 is 30.3. The molecule has 0 bridgehead atoms. The maximum Gasteiger partial charge on any atom is 0.181 e. The van der Waals surface area contributed by atoms with Crippen LogP contribution in [0, 0.1) is 19.7 Å². The van der Waals surface area contributed by atoms with Gasteiger partial charge in [0.05, 0.1) is 13.7 Å². The number of hydrogen-bond acceptors (Lipinski definition) is 7. The van der Waals surface area contributed by atoms with Crippen molar-refractivity contribution in [2.75, 3.05) is 20.3 Å².